The van der Waals surface area contributed by atoms with E-state index in [9.17, 15) is 0 Å². The Labute approximate surface area is 205 Å². The van der Waals surface area contributed by atoms with Crippen LogP contribution in [-0.2, 0) is 21.1 Å². The fourth-order valence-electron chi connectivity index (χ4n) is 3.04. The molecule has 32 heavy (non-hydrogen) atoms. The summed E-state index contributed by atoms with van der Waals surface area (Å²) in [6, 6.07) is 21.2. The van der Waals surface area contributed by atoms with E-state index in [1.807, 2.05) is 87.9 Å². The summed E-state index contributed by atoms with van der Waals surface area (Å²) in [6.07, 6.45) is 7.35. The molecule has 6 rings (SSSR count). The maximum Gasteiger partial charge on any atom is 0.186 e. The van der Waals surface area contributed by atoms with Crippen molar-refractivity contribution in [3.05, 3.63) is 96.0 Å². The van der Waals surface area contributed by atoms with Crippen molar-refractivity contribution in [2.75, 3.05) is 0 Å². The van der Waals surface area contributed by atoms with Gasteiger partial charge in [0.2, 0.25) is 0 Å². The molecular weight excluding hydrogens is 651 g/mol. The maximum atomic E-state index is 4.30. The summed E-state index contributed by atoms with van der Waals surface area (Å²) in [4.78, 5) is 8.55. The van der Waals surface area contributed by atoms with Crippen LogP contribution in [0.5, 0.6) is 0 Å². The quantitative estimate of drug-likeness (QED) is 0.274. The summed E-state index contributed by atoms with van der Waals surface area (Å²) >= 11 is 3.35. The molecule has 0 amide bonds. The van der Waals surface area contributed by atoms with Crippen LogP contribution >= 0.6 is 15.9 Å². The van der Waals surface area contributed by atoms with E-state index in [2.05, 4.69) is 46.3 Å². The Bertz CT molecular complexity index is 1450. The number of fused-ring (bicyclic) bond motifs is 2. The number of nitrogens with zero attached hydrogens (tertiary/aromatic N) is 8. The Kier molecular flexibility index (Phi) is 6.77. The van der Waals surface area contributed by atoms with Crippen LogP contribution in [0.25, 0.3) is 34.3 Å². The van der Waals surface area contributed by atoms with E-state index >= 15 is 0 Å². The maximum absolute atomic E-state index is 4.30. The number of hydrogen-bond donors (Lipinski definition) is 0. The van der Waals surface area contributed by atoms with Crippen LogP contribution in [0.1, 0.15) is 0 Å². The zero-order valence-electron chi connectivity index (χ0n) is 16.4. The van der Waals surface area contributed by atoms with E-state index in [0.717, 1.165) is 38.8 Å². The number of pyridine rings is 4. The van der Waals surface area contributed by atoms with E-state index < -0.39 is 0 Å². The van der Waals surface area contributed by atoms with E-state index in [4.69, 9.17) is 0 Å². The predicted octanol–water partition coefficient (Wildman–Crippen LogP) is 4.34. The Morgan fingerprint density at radius 3 is 1.72 bits per heavy atom. The molecule has 10 heteroatoms. The second-order valence-corrected chi connectivity index (χ2v) is 7.40. The van der Waals surface area contributed by atoms with E-state index in [1.54, 1.807) is 12.4 Å². The second kappa shape index (κ2) is 9.89. The first-order chi connectivity index (χ1) is 15.3. The minimum absolute atomic E-state index is 0. The van der Waals surface area contributed by atoms with Crippen molar-refractivity contribution in [2.45, 2.75) is 0 Å². The van der Waals surface area contributed by atoms with Crippen molar-refractivity contribution in [1.82, 2.24) is 39.2 Å². The van der Waals surface area contributed by atoms with Crippen molar-refractivity contribution in [3.63, 3.8) is 0 Å². The van der Waals surface area contributed by atoms with Crippen LogP contribution in [0.2, 0.25) is 0 Å². The molecular formula is C22H15BrN8Pt. The molecule has 0 aliphatic heterocycles. The van der Waals surface area contributed by atoms with Crippen LogP contribution in [0.15, 0.2) is 96.0 Å². The number of hydrogen-bond acceptors (Lipinski definition) is 6. The van der Waals surface area contributed by atoms with Gasteiger partial charge in [-0.25, -0.2) is 0 Å². The van der Waals surface area contributed by atoms with E-state index in [1.165, 1.54) is 0 Å². The van der Waals surface area contributed by atoms with Crippen LogP contribution in [-0.4, -0.2) is 39.2 Å². The molecule has 6 heterocycles. The molecule has 0 aliphatic carbocycles. The van der Waals surface area contributed by atoms with Gasteiger partial charge >= 0.3 is 0 Å². The van der Waals surface area contributed by atoms with Gasteiger partial charge in [0.15, 0.2) is 22.9 Å². The van der Waals surface area contributed by atoms with E-state index in [0.29, 0.717) is 0 Å². The van der Waals surface area contributed by atoms with Crippen molar-refractivity contribution in [3.8, 4) is 23.0 Å². The summed E-state index contributed by atoms with van der Waals surface area (Å²) in [5.41, 5.74) is 3.29. The molecule has 0 saturated heterocycles. The fourth-order valence-corrected chi connectivity index (χ4v) is 3.27. The largest absolute Gasteiger partial charge is 0.281 e. The Balaban J connectivity index is 0.000000149. The number of aromatic nitrogens is 8. The normalized spacial score (nSPS) is 10.4. The van der Waals surface area contributed by atoms with Crippen molar-refractivity contribution >= 4 is 27.2 Å². The molecule has 0 aromatic carbocycles. The molecule has 0 radical (unpaired) electrons. The van der Waals surface area contributed by atoms with Gasteiger partial charge in [-0.2, -0.15) is 0 Å². The molecule has 6 aromatic heterocycles. The average molecular weight is 666 g/mol. The van der Waals surface area contributed by atoms with Gasteiger partial charge in [-0.05, 0) is 64.5 Å². The van der Waals surface area contributed by atoms with Crippen molar-refractivity contribution in [1.29, 1.82) is 0 Å². The van der Waals surface area contributed by atoms with Crippen LogP contribution in [0.4, 0.5) is 0 Å². The minimum atomic E-state index is 0. The third-order valence-electron chi connectivity index (χ3n) is 4.48. The van der Waals surface area contributed by atoms with Gasteiger partial charge in [0.1, 0.15) is 11.4 Å². The molecule has 0 aliphatic rings. The summed E-state index contributed by atoms with van der Waals surface area (Å²) in [5.74, 6) is 1.52. The van der Waals surface area contributed by atoms with Crippen LogP contribution in [0.3, 0.4) is 0 Å². The molecule has 8 nitrogen and oxygen atoms in total. The molecule has 0 N–H and O–H groups in total. The monoisotopic (exact) mass is 665 g/mol. The third-order valence-corrected chi connectivity index (χ3v) is 4.95. The molecule has 6 aromatic rings. The predicted molar refractivity (Wildman–Crippen MR) is 120 cm³/mol. The minimum Gasteiger partial charge on any atom is -0.281 e. The van der Waals surface area contributed by atoms with Crippen LogP contribution < -0.4 is 0 Å². The fraction of sp³-hybridized carbons (Fsp3) is 0. The zero-order valence-corrected chi connectivity index (χ0v) is 20.3. The standard InChI is InChI=1S/C11H7BrN4.C11H8N4.Pt/c12-8-4-5-9(13-7-8)11-15-14-10-3-1-2-6-16(10)11;1-3-7-12-9(5-1)11-14-13-10-6-2-4-8-15(10)11;/h1-7H;1-8H;. The second-order valence-electron chi connectivity index (χ2n) is 6.48. The number of halogens is 1. The molecule has 0 unspecified atom stereocenters. The Hall–Kier alpha value is -3.29. The van der Waals surface area contributed by atoms with Gasteiger partial charge in [-0.3, -0.25) is 18.8 Å². The van der Waals surface area contributed by atoms with Crippen molar-refractivity contribution in [2.24, 2.45) is 0 Å². The molecule has 160 valence electrons. The van der Waals surface area contributed by atoms with Gasteiger partial charge < -0.3 is 0 Å². The third kappa shape index (κ3) is 4.49. The zero-order chi connectivity index (χ0) is 21.0. The molecule has 0 atom stereocenters. The average Bonchev–Trinajstić information content (AvgIpc) is 3.45. The SMILES string of the molecule is Brc1ccc(-c2nnc3ccccn23)nc1.[Pt].c1ccc(-c2nnc3ccccn23)nc1. The van der Waals surface area contributed by atoms with Gasteiger partial charge in [0.25, 0.3) is 0 Å². The first kappa shape index (κ1) is 21.9. The Morgan fingerprint density at radius 2 is 1.19 bits per heavy atom. The summed E-state index contributed by atoms with van der Waals surface area (Å²) in [5, 5.41) is 16.4. The van der Waals surface area contributed by atoms with Gasteiger partial charge in [-0.15, -0.1) is 20.4 Å². The summed E-state index contributed by atoms with van der Waals surface area (Å²) < 4.78 is 4.78. The first-order valence-electron chi connectivity index (χ1n) is 9.42. The number of rotatable bonds is 2. The molecule has 0 saturated carbocycles. The molecule has 0 bridgehead atoms. The van der Waals surface area contributed by atoms with E-state index in [-0.39, 0.29) is 21.1 Å². The van der Waals surface area contributed by atoms with Gasteiger partial charge in [0, 0.05) is 50.3 Å². The topological polar surface area (TPSA) is 86.2 Å². The van der Waals surface area contributed by atoms with Crippen LogP contribution in [0, 0.1) is 0 Å². The van der Waals surface area contributed by atoms with Crippen molar-refractivity contribution < 1.29 is 21.1 Å². The molecule has 0 fully saturated rings. The smallest absolute Gasteiger partial charge is 0.186 e. The van der Waals surface area contributed by atoms with Gasteiger partial charge in [0.05, 0.1) is 0 Å². The van der Waals surface area contributed by atoms with Gasteiger partial charge in [-0.1, -0.05) is 18.2 Å². The first-order valence-corrected chi connectivity index (χ1v) is 10.2. The summed E-state index contributed by atoms with van der Waals surface area (Å²) in [7, 11) is 0. The summed E-state index contributed by atoms with van der Waals surface area (Å²) in [6.45, 7) is 0. The molecule has 0 spiro atoms. The Morgan fingerprint density at radius 1 is 0.594 bits per heavy atom.